The largest absolute Gasteiger partial charge is 0.246 e. The van der Waals surface area contributed by atoms with E-state index in [0.29, 0.717) is 0 Å². The first-order valence-electron chi connectivity index (χ1n) is 6.35. The third kappa shape index (κ3) is 2.01. The van der Waals surface area contributed by atoms with Crippen molar-refractivity contribution < 1.29 is 0 Å². The van der Waals surface area contributed by atoms with E-state index in [1.165, 1.54) is 15.4 Å². The predicted octanol–water partition coefficient (Wildman–Crippen LogP) is 5.49. The molecule has 2 aromatic carbocycles. The van der Waals surface area contributed by atoms with Crippen molar-refractivity contribution in [2.45, 2.75) is 4.90 Å². The lowest BCUT2D eigenvalue weighted by Crippen LogP contribution is -2.00. The zero-order valence-electron chi connectivity index (χ0n) is 10.5. The Hall–Kier alpha value is -1.77. The van der Waals surface area contributed by atoms with Crippen LogP contribution in [0.15, 0.2) is 59.5 Å². The fraction of sp³-hybridized carbons (Fsp3) is 0. The standard InChI is InChI=1S/C17H10ClNS/c18-13-6-7-14-12(9-13)10-16-17(19-14)15(20-16)8-11-4-2-1-3-5-11/h1-10H/b15-8-. The van der Waals surface area contributed by atoms with Gasteiger partial charge in [0.25, 0.3) is 0 Å². The van der Waals surface area contributed by atoms with Crippen molar-refractivity contribution in [2.24, 2.45) is 0 Å². The molecule has 0 N–H and O–H groups in total. The minimum absolute atomic E-state index is 0.753. The van der Waals surface area contributed by atoms with Gasteiger partial charge in [-0.3, -0.25) is 0 Å². The zero-order valence-corrected chi connectivity index (χ0v) is 12.1. The Balaban J connectivity index is 1.80. The number of fused-ring (bicyclic) bond motifs is 2. The van der Waals surface area contributed by atoms with Gasteiger partial charge in [-0.25, -0.2) is 4.98 Å². The van der Waals surface area contributed by atoms with Crippen LogP contribution < -0.4 is 0 Å². The Bertz CT molecular complexity index is 840. The Morgan fingerprint density at radius 1 is 1.00 bits per heavy atom. The van der Waals surface area contributed by atoms with E-state index < -0.39 is 0 Å². The third-order valence-electron chi connectivity index (χ3n) is 3.29. The number of halogens is 1. The average molecular weight is 296 g/mol. The minimum Gasteiger partial charge on any atom is -0.246 e. The summed E-state index contributed by atoms with van der Waals surface area (Å²) in [6.45, 7) is 0. The van der Waals surface area contributed by atoms with Gasteiger partial charge in [0.05, 0.1) is 11.2 Å². The molecular weight excluding hydrogens is 286 g/mol. The van der Waals surface area contributed by atoms with Gasteiger partial charge in [0, 0.05) is 20.2 Å². The van der Waals surface area contributed by atoms with E-state index in [1.54, 1.807) is 11.8 Å². The van der Waals surface area contributed by atoms with E-state index in [0.717, 1.165) is 21.6 Å². The lowest BCUT2D eigenvalue weighted by Gasteiger charge is -2.21. The summed E-state index contributed by atoms with van der Waals surface area (Å²) in [6.07, 6.45) is 2.18. The second kappa shape index (κ2) is 4.65. The SMILES string of the molecule is Clc1ccc2nc3c(cc2c1)S/C3=C\c1ccccc1. The maximum absolute atomic E-state index is 6.02. The molecule has 2 heterocycles. The lowest BCUT2D eigenvalue weighted by molar-refractivity contribution is 1.24. The van der Waals surface area contributed by atoms with Crippen LogP contribution in [-0.2, 0) is 0 Å². The molecule has 1 aliphatic rings. The molecule has 0 bridgehead atoms. The van der Waals surface area contributed by atoms with Crippen molar-refractivity contribution in [3.63, 3.8) is 0 Å². The number of thioether (sulfide) groups is 1. The van der Waals surface area contributed by atoms with E-state index in [1.807, 2.05) is 36.4 Å². The van der Waals surface area contributed by atoms with E-state index in [2.05, 4.69) is 24.3 Å². The molecule has 0 aliphatic carbocycles. The van der Waals surface area contributed by atoms with E-state index in [4.69, 9.17) is 16.6 Å². The molecule has 4 rings (SSSR count). The van der Waals surface area contributed by atoms with Crippen molar-refractivity contribution in [3.05, 3.63) is 70.9 Å². The molecule has 0 radical (unpaired) electrons. The highest BCUT2D eigenvalue weighted by atomic mass is 35.5. The number of hydrogen-bond acceptors (Lipinski definition) is 2. The van der Waals surface area contributed by atoms with Crippen molar-refractivity contribution in [1.82, 2.24) is 4.98 Å². The molecule has 96 valence electrons. The van der Waals surface area contributed by atoms with E-state index >= 15 is 0 Å². The number of pyridine rings is 1. The lowest BCUT2D eigenvalue weighted by atomic mass is 10.1. The predicted molar refractivity (Wildman–Crippen MR) is 86.9 cm³/mol. The van der Waals surface area contributed by atoms with Crippen LogP contribution in [0.25, 0.3) is 21.9 Å². The summed E-state index contributed by atoms with van der Waals surface area (Å²) < 4.78 is 0. The Kier molecular flexibility index (Phi) is 2.79. The molecule has 0 saturated heterocycles. The monoisotopic (exact) mass is 295 g/mol. The number of aromatic nitrogens is 1. The normalized spacial score (nSPS) is 15.2. The van der Waals surface area contributed by atoms with Crippen LogP contribution in [0.4, 0.5) is 0 Å². The van der Waals surface area contributed by atoms with Crippen LogP contribution in [0.2, 0.25) is 5.02 Å². The minimum atomic E-state index is 0.753. The van der Waals surface area contributed by atoms with Crippen LogP contribution in [-0.4, -0.2) is 4.98 Å². The fourth-order valence-electron chi connectivity index (χ4n) is 2.30. The van der Waals surface area contributed by atoms with Gasteiger partial charge in [0.15, 0.2) is 0 Å². The summed E-state index contributed by atoms with van der Waals surface area (Å²) in [5.74, 6) is 0. The molecule has 1 aromatic heterocycles. The van der Waals surface area contributed by atoms with Crippen LogP contribution in [0.1, 0.15) is 11.3 Å². The molecule has 20 heavy (non-hydrogen) atoms. The highest BCUT2D eigenvalue weighted by Gasteiger charge is 2.23. The molecule has 0 fully saturated rings. The number of hydrogen-bond donors (Lipinski definition) is 0. The van der Waals surface area contributed by atoms with Crippen molar-refractivity contribution in [2.75, 3.05) is 0 Å². The molecule has 0 unspecified atom stereocenters. The van der Waals surface area contributed by atoms with Gasteiger partial charge in [-0.05, 0) is 35.9 Å². The molecule has 0 spiro atoms. The van der Waals surface area contributed by atoms with Gasteiger partial charge in [-0.1, -0.05) is 53.7 Å². The van der Waals surface area contributed by atoms with Crippen molar-refractivity contribution in [1.29, 1.82) is 0 Å². The van der Waals surface area contributed by atoms with Gasteiger partial charge < -0.3 is 0 Å². The Morgan fingerprint density at radius 2 is 1.85 bits per heavy atom. The van der Waals surface area contributed by atoms with Crippen molar-refractivity contribution in [3.8, 4) is 0 Å². The smallest absolute Gasteiger partial charge is 0.0916 e. The number of rotatable bonds is 1. The van der Waals surface area contributed by atoms with Gasteiger partial charge in [-0.2, -0.15) is 0 Å². The summed E-state index contributed by atoms with van der Waals surface area (Å²) >= 11 is 7.79. The third-order valence-corrected chi connectivity index (χ3v) is 4.59. The summed E-state index contributed by atoms with van der Waals surface area (Å²) in [6, 6.07) is 18.3. The first kappa shape index (κ1) is 12.0. The highest BCUT2D eigenvalue weighted by molar-refractivity contribution is 8.10. The number of benzene rings is 2. The van der Waals surface area contributed by atoms with Crippen molar-refractivity contribution >= 4 is 45.2 Å². The molecule has 3 aromatic rings. The Morgan fingerprint density at radius 3 is 2.70 bits per heavy atom. The quantitative estimate of drug-likeness (QED) is 0.588. The second-order valence-electron chi connectivity index (χ2n) is 4.69. The summed E-state index contributed by atoms with van der Waals surface area (Å²) in [5, 5.41) is 1.85. The fourth-order valence-corrected chi connectivity index (χ4v) is 3.45. The van der Waals surface area contributed by atoms with Gasteiger partial charge in [-0.15, -0.1) is 0 Å². The summed E-state index contributed by atoms with van der Waals surface area (Å²) in [7, 11) is 0. The maximum atomic E-state index is 6.02. The molecule has 1 aliphatic heterocycles. The van der Waals surface area contributed by atoms with E-state index in [-0.39, 0.29) is 0 Å². The highest BCUT2D eigenvalue weighted by Crippen LogP contribution is 2.49. The first-order chi connectivity index (χ1) is 9.79. The summed E-state index contributed by atoms with van der Waals surface area (Å²) in [4.78, 5) is 7.18. The van der Waals surface area contributed by atoms with Crippen LogP contribution >= 0.6 is 23.4 Å². The van der Waals surface area contributed by atoms with Gasteiger partial charge in [0.2, 0.25) is 0 Å². The second-order valence-corrected chi connectivity index (χ2v) is 6.21. The average Bonchev–Trinajstić information content (AvgIpc) is 2.46. The zero-order chi connectivity index (χ0) is 13.5. The Labute approximate surface area is 126 Å². The first-order valence-corrected chi connectivity index (χ1v) is 7.54. The van der Waals surface area contributed by atoms with Crippen LogP contribution in [0.5, 0.6) is 0 Å². The van der Waals surface area contributed by atoms with Gasteiger partial charge >= 0.3 is 0 Å². The molecule has 1 nitrogen and oxygen atoms in total. The maximum Gasteiger partial charge on any atom is 0.0916 e. The van der Waals surface area contributed by atoms with Gasteiger partial charge in [0.1, 0.15) is 0 Å². The molecule has 0 atom stereocenters. The van der Waals surface area contributed by atoms with E-state index in [9.17, 15) is 0 Å². The number of nitrogens with zero attached hydrogens (tertiary/aromatic N) is 1. The summed E-state index contributed by atoms with van der Waals surface area (Å²) in [5.41, 5.74) is 3.29. The molecule has 0 saturated carbocycles. The molecular formula is C17H10ClNS. The topological polar surface area (TPSA) is 12.9 Å². The van der Waals surface area contributed by atoms with Crippen LogP contribution in [0, 0.1) is 0 Å². The molecule has 0 amide bonds. The molecule has 3 heteroatoms. The van der Waals surface area contributed by atoms with Crippen LogP contribution in [0.3, 0.4) is 0 Å².